The number of aromatic nitrogens is 2. The molecule has 0 aliphatic heterocycles. The maximum absolute atomic E-state index is 11.4. The van der Waals surface area contributed by atoms with Crippen LogP contribution in [0, 0.1) is 0 Å². The molecule has 0 amide bonds. The summed E-state index contributed by atoms with van der Waals surface area (Å²) in [4.78, 5) is 0. The van der Waals surface area contributed by atoms with Crippen LogP contribution in [-0.2, 0) is 18.6 Å². The van der Waals surface area contributed by atoms with Crippen molar-refractivity contribution >= 4 is 0 Å². The first-order valence-electron chi connectivity index (χ1n) is 7.14. The van der Waals surface area contributed by atoms with Crippen LogP contribution in [0.1, 0.15) is 30.2 Å². The van der Waals surface area contributed by atoms with Gasteiger partial charge in [-0.1, -0.05) is 6.07 Å². The van der Waals surface area contributed by atoms with Crippen molar-refractivity contribution in [3.05, 3.63) is 41.2 Å². The van der Waals surface area contributed by atoms with Crippen molar-refractivity contribution in [1.29, 1.82) is 0 Å². The topological polar surface area (TPSA) is 56.5 Å². The van der Waals surface area contributed by atoms with Gasteiger partial charge in [0.1, 0.15) is 17.0 Å². The molecule has 1 heterocycles. The molecular weight excluding hydrogens is 268 g/mol. The van der Waals surface area contributed by atoms with Crippen LogP contribution >= 0.6 is 0 Å². The summed E-state index contributed by atoms with van der Waals surface area (Å²) in [6, 6.07) is 5.86. The van der Waals surface area contributed by atoms with Gasteiger partial charge in [0.05, 0.1) is 20.4 Å². The highest BCUT2D eigenvalue weighted by molar-refractivity contribution is 5.50. The molecule has 1 atom stereocenters. The van der Waals surface area contributed by atoms with Gasteiger partial charge in [0.15, 0.2) is 5.75 Å². The molecule has 5 nitrogen and oxygen atoms in total. The third-order valence-corrected chi connectivity index (χ3v) is 4.24. The van der Waals surface area contributed by atoms with Crippen LogP contribution in [0.15, 0.2) is 24.4 Å². The second-order valence-corrected chi connectivity index (χ2v) is 5.26. The normalized spacial score (nSPS) is 20.4. The van der Waals surface area contributed by atoms with Crippen LogP contribution in [-0.4, -0.2) is 29.1 Å². The summed E-state index contributed by atoms with van der Waals surface area (Å²) in [5, 5.41) is 15.7. The Labute approximate surface area is 124 Å². The molecule has 2 aromatic rings. The summed E-state index contributed by atoms with van der Waals surface area (Å²) in [7, 11) is 3.23. The minimum absolute atomic E-state index is 0.620. The van der Waals surface area contributed by atoms with Crippen molar-refractivity contribution < 1.29 is 14.6 Å². The average Bonchev–Trinajstić information content (AvgIpc) is 3.09. The maximum Gasteiger partial charge on any atom is 0.163 e. The first kappa shape index (κ1) is 13.9. The van der Waals surface area contributed by atoms with E-state index in [2.05, 4.69) is 5.10 Å². The lowest BCUT2D eigenvalue weighted by atomic mass is 9.91. The van der Waals surface area contributed by atoms with Gasteiger partial charge < -0.3 is 14.6 Å². The maximum atomic E-state index is 11.4. The molecule has 1 aliphatic carbocycles. The van der Waals surface area contributed by atoms with Crippen molar-refractivity contribution in [2.45, 2.75) is 31.9 Å². The minimum atomic E-state index is -1.08. The first-order valence-corrected chi connectivity index (χ1v) is 7.14. The average molecular weight is 288 g/mol. The molecular formula is C16H20N2O3. The smallest absolute Gasteiger partial charge is 0.163 e. The van der Waals surface area contributed by atoms with Crippen LogP contribution in [0.25, 0.3) is 0 Å². The zero-order valence-corrected chi connectivity index (χ0v) is 12.6. The number of nitrogens with zero attached hydrogens (tertiary/aromatic N) is 2. The molecule has 0 fully saturated rings. The molecule has 3 rings (SSSR count). The second kappa shape index (κ2) is 5.07. The molecule has 1 N–H and O–H groups in total. The second-order valence-electron chi connectivity index (χ2n) is 5.26. The Morgan fingerprint density at radius 2 is 2.14 bits per heavy atom. The van der Waals surface area contributed by atoms with Gasteiger partial charge in [0.2, 0.25) is 0 Å². The standard InChI is InChI=1S/C16H20N2O3/c1-4-18-15(14(21-3)10-17-18)16(19)8-7-11-5-6-12(20-2)9-13(11)16/h5-6,9-10,19H,4,7-8H2,1-3H3. The number of rotatable bonds is 4. The van der Waals surface area contributed by atoms with E-state index in [1.165, 1.54) is 0 Å². The van der Waals surface area contributed by atoms with Crippen LogP contribution in [0.4, 0.5) is 0 Å². The van der Waals surface area contributed by atoms with E-state index in [0.717, 1.165) is 29.0 Å². The van der Waals surface area contributed by atoms with Gasteiger partial charge in [-0.25, -0.2) is 0 Å². The Hall–Kier alpha value is -2.01. The van der Waals surface area contributed by atoms with Crippen LogP contribution in [0.3, 0.4) is 0 Å². The van der Waals surface area contributed by atoms with E-state index in [4.69, 9.17) is 9.47 Å². The van der Waals surface area contributed by atoms with E-state index in [9.17, 15) is 5.11 Å². The van der Waals surface area contributed by atoms with Gasteiger partial charge in [0, 0.05) is 6.54 Å². The predicted molar refractivity (Wildman–Crippen MR) is 78.8 cm³/mol. The number of methoxy groups -OCH3 is 2. The van der Waals surface area contributed by atoms with Crippen molar-refractivity contribution in [2.24, 2.45) is 0 Å². The summed E-state index contributed by atoms with van der Waals surface area (Å²) >= 11 is 0. The lowest BCUT2D eigenvalue weighted by molar-refractivity contribution is 0.0698. The van der Waals surface area contributed by atoms with Gasteiger partial charge in [-0.15, -0.1) is 0 Å². The Morgan fingerprint density at radius 1 is 1.33 bits per heavy atom. The number of aryl methyl sites for hydroxylation is 2. The van der Waals surface area contributed by atoms with E-state index in [0.29, 0.717) is 18.7 Å². The summed E-state index contributed by atoms with van der Waals surface area (Å²) in [6.07, 6.45) is 3.11. The molecule has 0 saturated carbocycles. The molecule has 1 unspecified atom stereocenters. The van der Waals surface area contributed by atoms with Gasteiger partial charge in [-0.05, 0) is 43.0 Å². The lowest BCUT2D eigenvalue weighted by Crippen LogP contribution is -2.28. The molecule has 5 heteroatoms. The third-order valence-electron chi connectivity index (χ3n) is 4.24. The highest BCUT2D eigenvalue weighted by Gasteiger charge is 2.43. The SMILES string of the molecule is CCn1ncc(OC)c1C1(O)CCc2ccc(OC)cc21. The summed E-state index contributed by atoms with van der Waals surface area (Å²) in [6.45, 7) is 2.68. The number of aliphatic hydroxyl groups is 1. The van der Waals surface area contributed by atoms with E-state index < -0.39 is 5.60 Å². The fourth-order valence-electron chi connectivity index (χ4n) is 3.16. The monoisotopic (exact) mass is 288 g/mol. The molecule has 0 saturated heterocycles. The number of fused-ring (bicyclic) bond motifs is 1. The third kappa shape index (κ3) is 2.00. The van der Waals surface area contributed by atoms with Crippen molar-refractivity contribution in [3.8, 4) is 11.5 Å². The number of hydrogen-bond donors (Lipinski definition) is 1. The van der Waals surface area contributed by atoms with E-state index >= 15 is 0 Å². The lowest BCUT2D eigenvalue weighted by Gasteiger charge is -2.26. The minimum Gasteiger partial charge on any atom is -0.497 e. The van der Waals surface area contributed by atoms with Crippen molar-refractivity contribution in [1.82, 2.24) is 9.78 Å². The Morgan fingerprint density at radius 3 is 2.81 bits per heavy atom. The van der Waals surface area contributed by atoms with Crippen LogP contribution in [0.2, 0.25) is 0 Å². The zero-order valence-electron chi connectivity index (χ0n) is 12.6. The highest BCUT2D eigenvalue weighted by atomic mass is 16.5. The molecule has 1 aromatic heterocycles. The Kier molecular flexibility index (Phi) is 3.37. The van der Waals surface area contributed by atoms with Gasteiger partial charge >= 0.3 is 0 Å². The predicted octanol–water partition coefficient (Wildman–Crippen LogP) is 2.10. The van der Waals surface area contributed by atoms with E-state index in [-0.39, 0.29) is 0 Å². The van der Waals surface area contributed by atoms with Gasteiger partial charge in [-0.2, -0.15) is 5.10 Å². The van der Waals surface area contributed by atoms with E-state index in [1.807, 2.05) is 25.1 Å². The van der Waals surface area contributed by atoms with Crippen molar-refractivity contribution in [3.63, 3.8) is 0 Å². The zero-order chi connectivity index (χ0) is 15.0. The summed E-state index contributed by atoms with van der Waals surface area (Å²) < 4.78 is 12.5. The van der Waals surface area contributed by atoms with Gasteiger partial charge in [0.25, 0.3) is 0 Å². The van der Waals surface area contributed by atoms with Crippen LogP contribution in [0.5, 0.6) is 11.5 Å². The molecule has 112 valence electrons. The Balaban J connectivity index is 2.18. The number of benzene rings is 1. The molecule has 1 aromatic carbocycles. The van der Waals surface area contributed by atoms with Crippen LogP contribution < -0.4 is 9.47 Å². The first-order chi connectivity index (χ1) is 10.1. The Bertz CT molecular complexity index is 644. The molecule has 0 radical (unpaired) electrons. The molecule has 1 aliphatic rings. The molecule has 21 heavy (non-hydrogen) atoms. The molecule has 0 bridgehead atoms. The number of ether oxygens (including phenoxy) is 2. The van der Waals surface area contributed by atoms with E-state index in [1.54, 1.807) is 25.1 Å². The highest BCUT2D eigenvalue weighted by Crippen LogP contribution is 2.46. The largest absolute Gasteiger partial charge is 0.497 e. The summed E-state index contributed by atoms with van der Waals surface area (Å²) in [5.41, 5.74) is 1.67. The fourth-order valence-corrected chi connectivity index (χ4v) is 3.16. The van der Waals surface area contributed by atoms with Gasteiger partial charge in [-0.3, -0.25) is 4.68 Å². The fraction of sp³-hybridized carbons (Fsp3) is 0.438. The number of hydrogen-bond acceptors (Lipinski definition) is 4. The summed E-state index contributed by atoms with van der Waals surface area (Å²) in [5.74, 6) is 1.37. The molecule has 0 spiro atoms. The quantitative estimate of drug-likeness (QED) is 0.936. The van der Waals surface area contributed by atoms with Crippen molar-refractivity contribution in [2.75, 3.05) is 14.2 Å².